The van der Waals surface area contributed by atoms with Crippen LogP contribution in [0.3, 0.4) is 0 Å². The molecule has 4 rings (SSSR count). The molecule has 7 heteroatoms. The number of rotatable bonds is 8. The van der Waals surface area contributed by atoms with Gasteiger partial charge >= 0.3 is 0 Å². The third-order valence-corrected chi connectivity index (χ3v) is 5.15. The molecule has 3 aromatic rings. The van der Waals surface area contributed by atoms with Crippen LogP contribution in [-0.2, 0) is 20.9 Å². The molecule has 160 valence electrons. The number of benzene rings is 2. The van der Waals surface area contributed by atoms with E-state index in [1.165, 1.54) is 0 Å². The molecule has 1 aliphatic rings. The lowest BCUT2D eigenvalue weighted by Gasteiger charge is -2.09. The lowest BCUT2D eigenvalue weighted by Crippen LogP contribution is -2.24. The van der Waals surface area contributed by atoms with E-state index in [9.17, 15) is 9.59 Å². The standard InChI is InChI=1S/C24H26N4O3/c1-2-11-31-16-17-7-6-8-18(12-17)21-14-22(26-24(30)19-13-23(29)25-15-19)27-28(21)20-9-4-3-5-10-20/h3-10,12,14,19H,2,11,13,15-16H2,1H3,(H,25,29)(H,26,27,30)/t19-/m1/s1. The maximum Gasteiger partial charge on any atom is 0.230 e. The largest absolute Gasteiger partial charge is 0.377 e. The van der Waals surface area contributed by atoms with Crippen LogP contribution in [0.1, 0.15) is 25.3 Å². The molecule has 0 aliphatic carbocycles. The summed E-state index contributed by atoms with van der Waals surface area (Å²) in [5.74, 6) is -0.227. The maximum absolute atomic E-state index is 12.6. The summed E-state index contributed by atoms with van der Waals surface area (Å²) in [6.45, 7) is 3.72. The zero-order valence-electron chi connectivity index (χ0n) is 17.5. The van der Waals surface area contributed by atoms with Gasteiger partial charge in [0.15, 0.2) is 5.82 Å². The van der Waals surface area contributed by atoms with Gasteiger partial charge in [-0.05, 0) is 30.2 Å². The Morgan fingerprint density at radius 1 is 1.19 bits per heavy atom. The third-order valence-electron chi connectivity index (χ3n) is 5.15. The lowest BCUT2D eigenvalue weighted by molar-refractivity contribution is -0.123. The lowest BCUT2D eigenvalue weighted by atomic mass is 10.1. The van der Waals surface area contributed by atoms with E-state index in [2.05, 4.69) is 28.7 Å². The summed E-state index contributed by atoms with van der Waals surface area (Å²) in [5.41, 5.74) is 3.81. The normalized spacial score (nSPS) is 15.6. The molecule has 0 saturated carbocycles. The average molecular weight is 418 g/mol. The Bertz CT molecular complexity index is 1060. The van der Waals surface area contributed by atoms with Crippen LogP contribution in [0.4, 0.5) is 5.82 Å². The first-order chi connectivity index (χ1) is 15.1. The molecule has 2 aromatic carbocycles. The highest BCUT2D eigenvalue weighted by Crippen LogP contribution is 2.27. The first-order valence-electron chi connectivity index (χ1n) is 10.5. The first-order valence-corrected chi connectivity index (χ1v) is 10.5. The van der Waals surface area contributed by atoms with E-state index in [0.717, 1.165) is 35.5 Å². The Labute approximate surface area is 181 Å². The molecule has 2 heterocycles. The molecule has 0 radical (unpaired) electrons. The highest BCUT2D eigenvalue weighted by molar-refractivity contribution is 5.97. The smallest absolute Gasteiger partial charge is 0.230 e. The van der Waals surface area contributed by atoms with E-state index >= 15 is 0 Å². The Kier molecular flexibility index (Phi) is 6.43. The van der Waals surface area contributed by atoms with Crippen molar-refractivity contribution in [3.05, 3.63) is 66.2 Å². The van der Waals surface area contributed by atoms with Gasteiger partial charge in [-0.2, -0.15) is 0 Å². The fraction of sp³-hybridized carbons (Fsp3) is 0.292. The van der Waals surface area contributed by atoms with Crippen molar-refractivity contribution in [1.29, 1.82) is 0 Å². The summed E-state index contributed by atoms with van der Waals surface area (Å²) in [5, 5.41) is 10.2. The second kappa shape index (κ2) is 9.57. The van der Waals surface area contributed by atoms with E-state index in [0.29, 0.717) is 19.0 Å². The summed E-state index contributed by atoms with van der Waals surface area (Å²) in [4.78, 5) is 24.0. The van der Waals surface area contributed by atoms with Crippen molar-refractivity contribution in [3.63, 3.8) is 0 Å². The van der Waals surface area contributed by atoms with E-state index in [-0.39, 0.29) is 24.2 Å². The molecule has 7 nitrogen and oxygen atoms in total. The van der Waals surface area contributed by atoms with Gasteiger partial charge in [0.25, 0.3) is 0 Å². The minimum absolute atomic E-state index is 0.0993. The fourth-order valence-electron chi connectivity index (χ4n) is 3.59. The predicted octanol–water partition coefficient (Wildman–Crippen LogP) is 3.54. The van der Waals surface area contributed by atoms with Gasteiger partial charge in [0.05, 0.1) is 23.9 Å². The zero-order chi connectivity index (χ0) is 21.6. The van der Waals surface area contributed by atoms with Gasteiger partial charge in [-0.3, -0.25) is 9.59 Å². The number of para-hydroxylation sites is 1. The molecule has 1 aromatic heterocycles. The number of nitrogens with one attached hydrogen (secondary N) is 2. The van der Waals surface area contributed by atoms with Crippen molar-refractivity contribution in [2.24, 2.45) is 5.92 Å². The Balaban J connectivity index is 1.64. The number of amides is 2. The molecule has 0 spiro atoms. The molecule has 1 saturated heterocycles. The second-order valence-electron chi connectivity index (χ2n) is 7.61. The third kappa shape index (κ3) is 5.00. The van der Waals surface area contributed by atoms with Crippen LogP contribution < -0.4 is 10.6 Å². The summed E-state index contributed by atoms with van der Waals surface area (Å²) in [7, 11) is 0. The summed E-state index contributed by atoms with van der Waals surface area (Å²) in [6.07, 6.45) is 1.18. The van der Waals surface area contributed by atoms with Gasteiger partial charge in [-0.25, -0.2) is 4.68 Å². The molecule has 1 aliphatic heterocycles. The minimum Gasteiger partial charge on any atom is -0.377 e. The summed E-state index contributed by atoms with van der Waals surface area (Å²) >= 11 is 0. The average Bonchev–Trinajstić information content (AvgIpc) is 3.41. The number of nitrogens with zero attached hydrogens (tertiary/aromatic N) is 2. The topological polar surface area (TPSA) is 85.2 Å². The van der Waals surface area contributed by atoms with Crippen molar-refractivity contribution in [2.45, 2.75) is 26.4 Å². The first kappa shape index (κ1) is 20.8. The van der Waals surface area contributed by atoms with Crippen LogP contribution >= 0.6 is 0 Å². The highest BCUT2D eigenvalue weighted by atomic mass is 16.5. The maximum atomic E-state index is 12.6. The molecule has 2 N–H and O–H groups in total. The van der Waals surface area contributed by atoms with Crippen molar-refractivity contribution in [1.82, 2.24) is 15.1 Å². The molecular formula is C24H26N4O3. The van der Waals surface area contributed by atoms with Crippen LogP contribution in [-0.4, -0.2) is 34.7 Å². The number of hydrogen-bond donors (Lipinski definition) is 2. The number of aromatic nitrogens is 2. The number of ether oxygens (including phenoxy) is 1. The molecule has 1 fully saturated rings. The fourth-order valence-corrected chi connectivity index (χ4v) is 3.59. The van der Waals surface area contributed by atoms with Gasteiger partial charge in [0.2, 0.25) is 11.8 Å². The van der Waals surface area contributed by atoms with Crippen LogP contribution in [0.25, 0.3) is 16.9 Å². The van der Waals surface area contributed by atoms with E-state index in [1.54, 1.807) is 0 Å². The number of carbonyl (C=O) groups excluding carboxylic acids is 2. The monoisotopic (exact) mass is 418 g/mol. The molecule has 31 heavy (non-hydrogen) atoms. The van der Waals surface area contributed by atoms with Crippen LogP contribution in [0.5, 0.6) is 0 Å². The molecular weight excluding hydrogens is 392 g/mol. The molecule has 2 amide bonds. The Morgan fingerprint density at radius 3 is 2.77 bits per heavy atom. The SMILES string of the molecule is CCCOCc1cccc(-c2cc(NC(=O)[C@H]3CNC(=O)C3)nn2-c2ccccc2)c1. The van der Waals surface area contributed by atoms with E-state index in [1.807, 2.05) is 59.3 Å². The quantitative estimate of drug-likeness (QED) is 0.548. The van der Waals surface area contributed by atoms with Crippen molar-refractivity contribution >= 4 is 17.6 Å². The Hall–Kier alpha value is -3.45. The zero-order valence-corrected chi connectivity index (χ0v) is 17.5. The molecule has 0 bridgehead atoms. The van der Waals surface area contributed by atoms with Gasteiger partial charge in [-0.1, -0.05) is 43.3 Å². The van der Waals surface area contributed by atoms with Crippen LogP contribution in [0, 0.1) is 5.92 Å². The number of anilines is 1. The van der Waals surface area contributed by atoms with Crippen molar-refractivity contribution < 1.29 is 14.3 Å². The summed E-state index contributed by atoms with van der Waals surface area (Å²) < 4.78 is 7.50. The van der Waals surface area contributed by atoms with Crippen molar-refractivity contribution in [2.75, 3.05) is 18.5 Å². The molecule has 0 unspecified atom stereocenters. The van der Waals surface area contributed by atoms with Gasteiger partial charge in [0, 0.05) is 31.2 Å². The van der Waals surface area contributed by atoms with E-state index < -0.39 is 0 Å². The van der Waals surface area contributed by atoms with Crippen molar-refractivity contribution in [3.8, 4) is 16.9 Å². The molecule has 1 atom stereocenters. The second-order valence-corrected chi connectivity index (χ2v) is 7.61. The summed E-state index contributed by atoms with van der Waals surface area (Å²) in [6, 6.07) is 19.8. The number of hydrogen-bond acceptors (Lipinski definition) is 4. The van der Waals surface area contributed by atoms with Crippen LogP contribution in [0.2, 0.25) is 0 Å². The van der Waals surface area contributed by atoms with Gasteiger partial charge in [-0.15, -0.1) is 5.10 Å². The predicted molar refractivity (Wildman–Crippen MR) is 119 cm³/mol. The highest BCUT2D eigenvalue weighted by Gasteiger charge is 2.28. The minimum atomic E-state index is -0.378. The van der Waals surface area contributed by atoms with Gasteiger partial charge in [0.1, 0.15) is 0 Å². The van der Waals surface area contributed by atoms with Gasteiger partial charge < -0.3 is 15.4 Å². The van der Waals surface area contributed by atoms with E-state index in [4.69, 9.17) is 4.74 Å². The van der Waals surface area contributed by atoms with Crippen LogP contribution in [0.15, 0.2) is 60.7 Å². The number of carbonyl (C=O) groups is 2. The Morgan fingerprint density at radius 2 is 2.03 bits per heavy atom.